The Bertz CT molecular complexity index is 858. The average molecular weight is 406 g/mol. The molecule has 0 aliphatic heterocycles. The largest absolute Gasteiger partial charge is 0.416 e. The fourth-order valence-corrected chi connectivity index (χ4v) is 3.56. The van der Waals surface area contributed by atoms with Crippen molar-refractivity contribution in [2.24, 2.45) is 7.05 Å². The third-order valence-electron chi connectivity index (χ3n) is 4.33. The van der Waals surface area contributed by atoms with Crippen molar-refractivity contribution in [3.63, 3.8) is 0 Å². The molecule has 2 aromatic rings. The van der Waals surface area contributed by atoms with Crippen molar-refractivity contribution in [1.29, 1.82) is 0 Å². The third kappa shape index (κ3) is 3.71. The molecule has 0 spiro atoms. The summed E-state index contributed by atoms with van der Waals surface area (Å²) in [7, 11) is 1.45. The molecule has 1 aromatic carbocycles. The molecule has 1 aliphatic carbocycles. The van der Waals surface area contributed by atoms with Crippen molar-refractivity contribution < 1.29 is 17.6 Å². The molecule has 0 bridgehead atoms. The van der Waals surface area contributed by atoms with Crippen LogP contribution in [-0.2, 0) is 19.8 Å². The standard InChI is InChI=1S/C17H16ClF4N3S/c1-9-14(15(19)24(2)23-9)16(26)25(12-4-5-12)8-10-7-11(18)3-6-13(10)17(20,21)22/h3,6-7,12H,4-5,8H2,1-2H3. The molecular weight excluding hydrogens is 390 g/mol. The number of aromatic nitrogens is 2. The average Bonchev–Trinajstić information content (AvgIpc) is 3.32. The lowest BCUT2D eigenvalue weighted by Gasteiger charge is -2.27. The van der Waals surface area contributed by atoms with E-state index in [0.29, 0.717) is 5.69 Å². The number of benzene rings is 1. The van der Waals surface area contributed by atoms with Gasteiger partial charge in [0.2, 0.25) is 5.95 Å². The highest BCUT2D eigenvalue weighted by Gasteiger charge is 2.37. The molecule has 0 radical (unpaired) electrons. The maximum atomic E-state index is 14.4. The minimum Gasteiger partial charge on any atom is -0.355 e. The van der Waals surface area contributed by atoms with E-state index < -0.39 is 17.7 Å². The van der Waals surface area contributed by atoms with E-state index in [1.54, 1.807) is 11.8 Å². The lowest BCUT2D eigenvalue weighted by molar-refractivity contribution is -0.138. The SMILES string of the molecule is Cc1nn(C)c(F)c1C(=S)N(Cc1cc(Cl)ccc1C(F)(F)F)C1CC1. The van der Waals surface area contributed by atoms with Gasteiger partial charge >= 0.3 is 6.18 Å². The molecule has 0 unspecified atom stereocenters. The normalized spacial score (nSPS) is 14.6. The summed E-state index contributed by atoms with van der Waals surface area (Å²) in [4.78, 5) is 1.81. The van der Waals surface area contributed by atoms with Crippen molar-refractivity contribution >= 4 is 28.8 Å². The summed E-state index contributed by atoms with van der Waals surface area (Å²) < 4.78 is 55.5. The molecule has 0 saturated heterocycles. The summed E-state index contributed by atoms with van der Waals surface area (Å²) in [5.74, 6) is -0.597. The van der Waals surface area contributed by atoms with Crippen LogP contribution in [0.25, 0.3) is 0 Å². The fraction of sp³-hybridized carbons (Fsp3) is 0.412. The topological polar surface area (TPSA) is 21.1 Å². The molecule has 1 aromatic heterocycles. The van der Waals surface area contributed by atoms with Crippen molar-refractivity contribution in [3.05, 3.63) is 51.6 Å². The molecule has 1 heterocycles. The summed E-state index contributed by atoms with van der Waals surface area (Å²) in [6.45, 7) is 1.53. The van der Waals surface area contributed by atoms with Crippen LogP contribution in [0.1, 0.15) is 35.2 Å². The zero-order chi connectivity index (χ0) is 19.2. The van der Waals surface area contributed by atoms with Crippen LogP contribution in [0.2, 0.25) is 5.02 Å². The number of nitrogens with zero attached hydrogens (tertiary/aromatic N) is 3. The Balaban J connectivity index is 1.98. The Hall–Kier alpha value is -1.67. The van der Waals surface area contributed by atoms with Gasteiger partial charge < -0.3 is 4.90 Å². The van der Waals surface area contributed by atoms with Gasteiger partial charge in [0.1, 0.15) is 4.99 Å². The van der Waals surface area contributed by atoms with Gasteiger partial charge in [-0.2, -0.15) is 22.7 Å². The smallest absolute Gasteiger partial charge is 0.355 e. The third-order valence-corrected chi connectivity index (χ3v) is 5.00. The number of halogens is 5. The van der Waals surface area contributed by atoms with Gasteiger partial charge in [0.15, 0.2) is 0 Å². The summed E-state index contributed by atoms with van der Waals surface area (Å²) in [6, 6.07) is 3.44. The van der Waals surface area contributed by atoms with Gasteiger partial charge in [0, 0.05) is 24.7 Å². The summed E-state index contributed by atoms with van der Waals surface area (Å²) in [5, 5.41) is 4.21. The predicted molar refractivity (Wildman–Crippen MR) is 94.6 cm³/mol. The van der Waals surface area contributed by atoms with E-state index in [4.69, 9.17) is 23.8 Å². The Morgan fingerprint density at radius 2 is 2.04 bits per heavy atom. The molecule has 3 nitrogen and oxygen atoms in total. The van der Waals surface area contributed by atoms with E-state index in [1.165, 1.54) is 19.2 Å². The Labute approximate surface area is 158 Å². The molecule has 140 valence electrons. The van der Waals surface area contributed by atoms with Gasteiger partial charge in [-0.1, -0.05) is 23.8 Å². The molecule has 1 aliphatic rings. The van der Waals surface area contributed by atoms with Crippen LogP contribution in [0.3, 0.4) is 0 Å². The quantitative estimate of drug-likeness (QED) is 0.534. The Morgan fingerprint density at radius 1 is 1.38 bits per heavy atom. The van der Waals surface area contributed by atoms with Gasteiger partial charge in [-0.15, -0.1) is 0 Å². The van der Waals surface area contributed by atoms with Gasteiger partial charge in [0.25, 0.3) is 0 Å². The predicted octanol–water partition coefficient (Wildman–Crippen LogP) is 4.88. The zero-order valence-electron chi connectivity index (χ0n) is 14.1. The van der Waals surface area contributed by atoms with Gasteiger partial charge in [-0.25, -0.2) is 4.68 Å². The van der Waals surface area contributed by atoms with Crippen molar-refractivity contribution in [2.45, 2.75) is 38.5 Å². The minimum absolute atomic E-state index is 0.0124. The minimum atomic E-state index is -4.51. The molecular formula is C17H16ClF4N3S. The first-order chi connectivity index (χ1) is 12.1. The molecule has 1 fully saturated rings. The highest BCUT2D eigenvalue weighted by atomic mass is 35.5. The van der Waals surface area contributed by atoms with Crippen LogP contribution in [0.5, 0.6) is 0 Å². The summed E-state index contributed by atoms with van der Waals surface area (Å²) in [6.07, 6.45) is -2.92. The van der Waals surface area contributed by atoms with E-state index in [0.717, 1.165) is 23.6 Å². The molecule has 26 heavy (non-hydrogen) atoms. The number of hydrogen-bond acceptors (Lipinski definition) is 2. The van der Waals surface area contributed by atoms with Crippen molar-refractivity contribution in [1.82, 2.24) is 14.7 Å². The highest BCUT2D eigenvalue weighted by Crippen LogP contribution is 2.37. The maximum absolute atomic E-state index is 14.4. The van der Waals surface area contributed by atoms with E-state index in [2.05, 4.69) is 5.10 Å². The fourth-order valence-electron chi connectivity index (χ4n) is 2.92. The highest BCUT2D eigenvalue weighted by molar-refractivity contribution is 7.80. The maximum Gasteiger partial charge on any atom is 0.416 e. The van der Waals surface area contributed by atoms with Crippen LogP contribution in [0, 0.1) is 12.9 Å². The van der Waals surface area contributed by atoms with Crippen molar-refractivity contribution in [2.75, 3.05) is 0 Å². The first kappa shape index (κ1) is 19.1. The van der Waals surface area contributed by atoms with Crippen LogP contribution in [0.15, 0.2) is 18.2 Å². The van der Waals surface area contributed by atoms with Crippen LogP contribution < -0.4 is 0 Å². The van der Waals surface area contributed by atoms with Crippen LogP contribution in [0.4, 0.5) is 17.6 Å². The molecule has 9 heteroatoms. The van der Waals surface area contributed by atoms with Gasteiger partial charge in [-0.3, -0.25) is 0 Å². The van der Waals surface area contributed by atoms with Crippen LogP contribution in [-0.4, -0.2) is 25.7 Å². The van der Waals surface area contributed by atoms with Crippen molar-refractivity contribution in [3.8, 4) is 0 Å². The first-order valence-electron chi connectivity index (χ1n) is 7.95. The molecule has 0 N–H and O–H groups in total. The summed E-state index contributed by atoms with van der Waals surface area (Å²) in [5.41, 5.74) is -0.187. The lowest BCUT2D eigenvalue weighted by atomic mass is 10.1. The van der Waals surface area contributed by atoms with E-state index in [-0.39, 0.29) is 33.7 Å². The summed E-state index contributed by atoms with van der Waals surface area (Å²) >= 11 is 11.3. The van der Waals surface area contributed by atoms with Gasteiger partial charge in [0.05, 0.1) is 16.8 Å². The monoisotopic (exact) mass is 405 g/mol. The Kier molecular flexibility index (Phi) is 5.00. The van der Waals surface area contributed by atoms with E-state index >= 15 is 0 Å². The molecule has 1 saturated carbocycles. The van der Waals surface area contributed by atoms with Gasteiger partial charge in [-0.05, 0) is 43.5 Å². The Morgan fingerprint density at radius 3 is 2.54 bits per heavy atom. The second-order valence-electron chi connectivity index (χ2n) is 6.34. The molecule has 3 rings (SSSR count). The number of aryl methyl sites for hydroxylation is 2. The number of alkyl halides is 3. The zero-order valence-corrected chi connectivity index (χ0v) is 15.6. The first-order valence-corrected chi connectivity index (χ1v) is 8.74. The number of thiocarbonyl (C=S) groups is 1. The van der Waals surface area contributed by atoms with E-state index in [1.807, 2.05) is 0 Å². The number of hydrogen-bond donors (Lipinski definition) is 0. The molecule has 0 atom stereocenters. The second-order valence-corrected chi connectivity index (χ2v) is 7.16. The van der Waals surface area contributed by atoms with E-state index in [9.17, 15) is 17.6 Å². The lowest BCUT2D eigenvalue weighted by Crippen LogP contribution is -2.33. The molecule has 0 amide bonds. The second kappa shape index (κ2) is 6.81. The van der Waals surface area contributed by atoms with Crippen LogP contribution >= 0.6 is 23.8 Å². The number of rotatable bonds is 4.